The molecule has 0 N–H and O–H groups in total. The lowest BCUT2D eigenvalue weighted by Crippen LogP contribution is -1.86. The summed E-state index contributed by atoms with van der Waals surface area (Å²) in [6, 6.07) is 32.6. The van der Waals surface area contributed by atoms with Gasteiger partial charge < -0.3 is 0 Å². The summed E-state index contributed by atoms with van der Waals surface area (Å²) in [5.74, 6) is 2.85. The molecule has 0 fully saturated rings. The maximum Gasteiger partial charge on any atom is 0.0321 e. The molecule has 0 unspecified atom stereocenters. The fourth-order valence-electron chi connectivity index (χ4n) is 4.62. The van der Waals surface area contributed by atoms with Crippen LogP contribution in [0.4, 0.5) is 0 Å². The number of hydrogen-bond acceptors (Lipinski definition) is 0. The van der Waals surface area contributed by atoms with Gasteiger partial charge in [-0.2, -0.15) is 0 Å². The van der Waals surface area contributed by atoms with Gasteiger partial charge in [-0.25, -0.2) is 0 Å². The largest absolute Gasteiger partial charge is 0.115 e. The number of terminal acetylenes is 1. The third kappa shape index (κ3) is 1.96. The fraction of sp³-hybridized carbons (Fsp3) is 0. The molecule has 0 aliphatic heterocycles. The average molecular weight is 352 g/mol. The van der Waals surface area contributed by atoms with Crippen LogP contribution < -0.4 is 0 Å². The Bertz CT molecular complexity index is 1600. The van der Waals surface area contributed by atoms with E-state index in [1.54, 1.807) is 0 Å². The first kappa shape index (κ1) is 15.3. The first-order chi connectivity index (χ1) is 13.8. The molecule has 0 aliphatic rings. The molecule has 0 spiro atoms. The van der Waals surface area contributed by atoms with Crippen molar-refractivity contribution in [2.24, 2.45) is 0 Å². The molecule has 0 atom stereocenters. The Kier molecular flexibility index (Phi) is 3.04. The summed E-state index contributed by atoms with van der Waals surface area (Å²) in [6.07, 6.45) is 5.79. The number of fused-ring (bicyclic) bond motifs is 9. The number of rotatable bonds is 0. The Morgan fingerprint density at radius 1 is 0.429 bits per heavy atom. The second-order valence-electron chi connectivity index (χ2n) is 7.32. The molecule has 6 aromatic carbocycles. The monoisotopic (exact) mass is 352 g/mol. The van der Waals surface area contributed by atoms with Crippen LogP contribution in [0.1, 0.15) is 5.56 Å². The summed E-state index contributed by atoms with van der Waals surface area (Å²) < 4.78 is 0. The maximum absolute atomic E-state index is 5.79. The van der Waals surface area contributed by atoms with Crippen molar-refractivity contribution in [2.45, 2.75) is 0 Å². The highest BCUT2D eigenvalue weighted by Crippen LogP contribution is 2.39. The Hall–Kier alpha value is -3.82. The van der Waals surface area contributed by atoms with E-state index in [4.69, 9.17) is 6.42 Å². The lowest BCUT2D eigenvalue weighted by molar-refractivity contribution is 1.74. The summed E-state index contributed by atoms with van der Waals surface area (Å²) >= 11 is 0. The van der Waals surface area contributed by atoms with Crippen LogP contribution in [-0.2, 0) is 0 Å². The van der Waals surface area contributed by atoms with Gasteiger partial charge in [-0.15, -0.1) is 6.42 Å². The normalized spacial score (nSPS) is 11.5. The van der Waals surface area contributed by atoms with Crippen molar-refractivity contribution in [1.29, 1.82) is 0 Å². The molecule has 0 saturated heterocycles. The van der Waals surface area contributed by atoms with Crippen LogP contribution in [-0.4, -0.2) is 0 Å². The van der Waals surface area contributed by atoms with Crippen molar-refractivity contribution in [3.05, 3.63) is 96.6 Å². The van der Waals surface area contributed by atoms with Gasteiger partial charge in [-0.05, 0) is 59.9 Å². The van der Waals surface area contributed by atoms with E-state index in [1.807, 2.05) is 6.07 Å². The van der Waals surface area contributed by atoms with Crippen LogP contribution in [0.2, 0.25) is 0 Å². The molecule has 0 bridgehead atoms. The van der Waals surface area contributed by atoms with E-state index in [1.165, 1.54) is 48.5 Å². The summed E-state index contributed by atoms with van der Waals surface area (Å²) in [5.41, 5.74) is 0.946. The zero-order valence-corrected chi connectivity index (χ0v) is 15.2. The van der Waals surface area contributed by atoms with E-state index >= 15 is 0 Å². The first-order valence-electron chi connectivity index (χ1n) is 9.50. The van der Waals surface area contributed by atoms with Gasteiger partial charge in [0.2, 0.25) is 0 Å². The second kappa shape index (κ2) is 5.59. The quantitative estimate of drug-likeness (QED) is 0.197. The molecular weight excluding hydrogens is 336 g/mol. The second-order valence-corrected chi connectivity index (χ2v) is 7.32. The molecule has 0 amide bonds. The van der Waals surface area contributed by atoms with E-state index in [0.717, 1.165) is 10.9 Å². The first-order valence-corrected chi connectivity index (χ1v) is 9.50. The van der Waals surface area contributed by atoms with Gasteiger partial charge >= 0.3 is 0 Å². The highest BCUT2D eigenvalue weighted by molar-refractivity contribution is 6.32. The SMILES string of the molecule is C#Cc1cccc2c1ccc1ccc3ccc4ccc5ccccc5c4c3c12. The Morgan fingerprint density at radius 3 is 1.75 bits per heavy atom. The molecule has 0 saturated carbocycles. The lowest BCUT2D eigenvalue weighted by Gasteiger charge is -2.13. The molecule has 128 valence electrons. The van der Waals surface area contributed by atoms with Crippen LogP contribution in [0, 0.1) is 12.3 Å². The molecule has 0 heterocycles. The van der Waals surface area contributed by atoms with Gasteiger partial charge in [0.1, 0.15) is 0 Å². The third-order valence-electron chi connectivity index (χ3n) is 5.88. The molecule has 0 radical (unpaired) electrons. The van der Waals surface area contributed by atoms with Crippen molar-refractivity contribution in [1.82, 2.24) is 0 Å². The standard InChI is InChI=1S/C28H16/c1-2-18-7-5-9-25-23(18)17-16-21-13-15-22-14-12-20-11-10-19-6-3-4-8-24(19)26(20)28(22)27(21)25/h1,3-17H. The minimum Gasteiger partial charge on any atom is -0.115 e. The maximum atomic E-state index is 5.79. The van der Waals surface area contributed by atoms with Crippen LogP contribution >= 0.6 is 0 Å². The van der Waals surface area contributed by atoms with Crippen LogP contribution in [0.3, 0.4) is 0 Å². The predicted octanol–water partition coefficient (Wildman–Crippen LogP) is 7.43. The van der Waals surface area contributed by atoms with Crippen molar-refractivity contribution < 1.29 is 0 Å². The van der Waals surface area contributed by atoms with Gasteiger partial charge in [0.25, 0.3) is 0 Å². The highest BCUT2D eigenvalue weighted by Gasteiger charge is 2.12. The van der Waals surface area contributed by atoms with Crippen molar-refractivity contribution in [3.8, 4) is 12.3 Å². The van der Waals surface area contributed by atoms with Crippen LogP contribution in [0.5, 0.6) is 0 Å². The summed E-state index contributed by atoms with van der Waals surface area (Å²) in [7, 11) is 0. The summed E-state index contributed by atoms with van der Waals surface area (Å²) in [4.78, 5) is 0. The zero-order valence-electron chi connectivity index (χ0n) is 15.2. The lowest BCUT2D eigenvalue weighted by atomic mass is 9.90. The van der Waals surface area contributed by atoms with E-state index in [2.05, 4.69) is 90.8 Å². The van der Waals surface area contributed by atoms with Gasteiger partial charge in [0.05, 0.1) is 0 Å². The van der Waals surface area contributed by atoms with E-state index in [9.17, 15) is 0 Å². The van der Waals surface area contributed by atoms with Crippen LogP contribution in [0.25, 0.3) is 53.9 Å². The molecule has 0 aromatic heterocycles. The number of hydrogen-bond donors (Lipinski definition) is 0. The molecule has 28 heavy (non-hydrogen) atoms. The molecule has 0 heteroatoms. The molecular formula is C28H16. The smallest absolute Gasteiger partial charge is 0.0321 e. The highest BCUT2D eigenvalue weighted by atomic mass is 14.1. The Labute approximate surface area is 163 Å². The van der Waals surface area contributed by atoms with Crippen molar-refractivity contribution in [2.75, 3.05) is 0 Å². The molecule has 0 nitrogen and oxygen atoms in total. The fourth-order valence-corrected chi connectivity index (χ4v) is 4.62. The minimum atomic E-state index is 0.946. The van der Waals surface area contributed by atoms with E-state index in [-0.39, 0.29) is 0 Å². The van der Waals surface area contributed by atoms with Crippen molar-refractivity contribution >= 4 is 53.9 Å². The van der Waals surface area contributed by atoms with Gasteiger partial charge in [-0.3, -0.25) is 0 Å². The third-order valence-corrected chi connectivity index (χ3v) is 5.88. The van der Waals surface area contributed by atoms with E-state index in [0.29, 0.717) is 0 Å². The average Bonchev–Trinajstić information content (AvgIpc) is 2.77. The molecule has 6 rings (SSSR count). The van der Waals surface area contributed by atoms with E-state index < -0.39 is 0 Å². The summed E-state index contributed by atoms with van der Waals surface area (Å²) in [6.45, 7) is 0. The van der Waals surface area contributed by atoms with Gasteiger partial charge in [0, 0.05) is 5.56 Å². The topological polar surface area (TPSA) is 0 Å². The van der Waals surface area contributed by atoms with Crippen molar-refractivity contribution in [3.63, 3.8) is 0 Å². The Balaban J connectivity index is 2.01. The number of benzene rings is 6. The minimum absolute atomic E-state index is 0.946. The van der Waals surface area contributed by atoms with Gasteiger partial charge in [-0.1, -0.05) is 90.8 Å². The molecule has 6 aromatic rings. The zero-order chi connectivity index (χ0) is 18.7. The predicted molar refractivity (Wildman–Crippen MR) is 122 cm³/mol. The Morgan fingerprint density at radius 2 is 1.00 bits per heavy atom. The van der Waals surface area contributed by atoms with Gasteiger partial charge in [0.15, 0.2) is 0 Å². The summed E-state index contributed by atoms with van der Waals surface area (Å²) in [5, 5.41) is 12.6. The molecule has 0 aliphatic carbocycles. The van der Waals surface area contributed by atoms with Crippen LogP contribution in [0.15, 0.2) is 91.0 Å².